The summed E-state index contributed by atoms with van der Waals surface area (Å²) >= 11 is 0. The Labute approximate surface area is 136 Å². The smallest absolute Gasteiger partial charge is 0.251 e. The highest BCUT2D eigenvalue weighted by Crippen LogP contribution is 2.11. The van der Waals surface area contributed by atoms with Crippen molar-refractivity contribution in [2.24, 2.45) is 0 Å². The van der Waals surface area contributed by atoms with Crippen LogP contribution in [0.4, 0.5) is 8.78 Å². The van der Waals surface area contributed by atoms with E-state index in [0.29, 0.717) is 39.3 Å². The van der Waals surface area contributed by atoms with Crippen molar-refractivity contribution in [1.82, 2.24) is 15.1 Å². The van der Waals surface area contributed by atoms with Crippen LogP contribution in [0.2, 0.25) is 0 Å². The molecule has 2 heterocycles. The van der Waals surface area contributed by atoms with Gasteiger partial charge in [0.15, 0.2) is 0 Å². The quantitative estimate of drug-likeness (QED) is 0.811. The topological polar surface area (TPSA) is 44.8 Å². The molecule has 0 spiro atoms. The molecule has 1 amide bonds. The number of carbonyl (C=O) groups excluding carboxylic acids is 1. The van der Waals surface area contributed by atoms with Gasteiger partial charge in [0.25, 0.3) is 6.43 Å². The van der Waals surface area contributed by atoms with Crippen LogP contribution in [0.3, 0.4) is 0 Å². The van der Waals surface area contributed by atoms with Crippen molar-refractivity contribution >= 4 is 30.7 Å². The van der Waals surface area contributed by atoms with Crippen molar-refractivity contribution in [3.05, 3.63) is 0 Å². The molecule has 21 heavy (non-hydrogen) atoms. The molecular formula is C12H23Cl2F2N3O2. The van der Waals surface area contributed by atoms with Gasteiger partial charge in [-0.05, 0) is 6.92 Å². The number of hydrogen-bond donors (Lipinski definition) is 1. The summed E-state index contributed by atoms with van der Waals surface area (Å²) in [6, 6.07) is -0.310. The summed E-state index contributed by atoms with van der Waals surface area (Å²) in [5, 5.41) is 3.16. The first-order valence-corrected chi connectivity index (χ1v) is 6.72. The second-order valence-electron chi connectivity index (χ2n) is 5.02. The number of halogens is 4. The van der Waals surface area contributed by atoms with Gasteiger partial charge in [0.2, 0.25) is 5.91 Å². The summed E-state index contributed by atoms with van der Waals surface area (Å²) in [6.45, 7) is 5.01. The third-order valence-electron chi connectivity index (χ3n) is 3.66. The Morgan fingerprint density at radius 1 is 1.29 bits per heavy atom. The van der Waals surface area contributed by atoms with Gasteiger partial charge in [-0.1, -0.05) is 0 Å². The number of carbonyl (C=O) groups is 1. The highest BCUT2D eigenvalue weighted by Gasteiger charge is 2.33. The second-order valence-corrected chi connectivity index (χ2v) is 5.02. The number of nitrogens with zero attached hydrogens (tertiary/aromatic N) is 2. The van der Waals surface area contributed by atoms with Crippen molar-refractivity contribution in [1.29, 1.82) is 0 Å². The molecule has 2 aliphatic rings. The Hall–Kier alpha value is -0.210. The van der Waals surface area contributed by atoms with E-state index in [1.54, 1.807) is 9.80 Å². The predicted molar refractivity (Wildman–Crippen MR) is 80.7 cm³/mol. The van der Waals surface area contributed by atoms with Gasteiger partial charge in [-0.3, -0.25) is 9.69 Å². The van der Waals surface area contributed by atoms with E-state index in [9.17, 15) is 13.6 Å². The summed E-state index contributed by atoms with van der Waals surface area (Å²) < 4.78 is 30.0. The molecule has 5 nitrogen and oxygen atoms in total. The van der Waals surface area contributed by atoms with E-state index in [-0.39, 0.29) is 49.4 Å². The van der Waals surface area contributed by atoms with Crippen LogP contribution < -0.4 is 5.32 Å². The first-order valence-electron chi connectivity index (χ1n) is 6.72. The lowest BCUT2D eigenvalue weighted by molar-refractivity contribution is -0.141. The highest BCUT2D eigenvalue weighted by atomic mass is 35.5. The number of morpholine rings is 1. The third-order valence-corrected chi connectivity index (χ3v) is 3.66. The van der Waals surface area contributed by atoms with Crippen molar-refractivity contribution in [3.8, 4) is 0 Å². The Morgan fingerprint density at radius 3 is 2.43 bits per heavy atom. The fraction of sp³-hybridized carbons (Fsp3) is 0.917. The van der Waals surface area contributed by atoms with Crippen LogP contribution in [0.5, 0.6) is 0 Å². The molecule has 0 aliphatic carbocycles. The molecule has 2 rings (SSSR count). The molecule has 126 valence electrons. The van der Waals surface area contributed by atoms with E-state index in [1.807, 2.05) is 6.92 Å². The Balaban J connectivity index is 0.00000200. The van der Waals surface area contributed by atoms with Gasteiger partial charge in [0.1, 0.15) is 6.04 Å². The number of alkyl halides is 2. The zero-order valence-corrected chi connectivity index (χ0v) is 13.6. The number of ether oxygens (including phenoxy) is 1. The second kappa shape index (κ2) is 9.74. The molecule has 0 unspecified atom stereocenters. The van der Waals surface area contributed by atoms with Gasteiger partial charge in [-0.15, -0.1) is 24.8 Å². The van der Waals surface area contributed by atoms with Gasteiger partial charge >= 0.3 is 0 Å². The molecule has 0 radical (unpaired) electrons. The van der Waals surface area contributed by atoms with E-state index in [4.69, 9.17) is 4.74 Å². The van der Waals surface area contributed by atoms with Gasteiger partial charge in [-0.2, -0.15) is 0 Å². The number of amides is 1. The maximum Gasteiger partial charge on any atom is 0.251 e. The van der Waals surface area contributed by atoms with Crippen molar-refractivity contribution in [3.63, 3.8) is 0 Å². The fourth-order valence-electron chi connectivity index (χ4n) is 2.55. The molecule has 0 saturated carbocycles. The molecule has 2 fully saturated rings. The number of rotatable bonds is 3. The van der Waals surface area contributed by atoms with Crippen LogP contribution in [-0.2, 0) is 9.53 Å². The number of nitrogens with one attached hydrogen (secondary N) is 1. The summed E-state index contributed by atoms with van der Waals surface area (Å²) in [4.78, 5) is 15.7. The average molecular weight is 350 g/mol. The average Bonchev–Trinajstić information content (AvgIpc) is 2.39. The number of piperazine rings is 1. The van der Waals surface area contributed by atoms with Gasteiger partial charge < -0.3 is 15.0 Å². The van der Waals surface area contributed by atoms with Crippen LogP contribution in [0, 0.1) is 0 Å². The molecule has 0 aromatic rings. The van der Waals surface area contributed by atoms with Crippen LogP contribution in [0.1, 0.15) is 6.92 Å². The molecule has 2 aliphatic heterocycles. The standard InChI is InChI=1S/C12H21F2N3O2.2ClH/c1-9-11(15-2-7-19-9)12(18)17-5-3-16(4-6-17)8-10(13)14;;/h9-11,15H,2-8H2,1H3;2*1H/t9-,11+;;/m1../s1. The largest absolute Gasteiger partial charge is 0.375 e. The molecule has 9 heteroatoms. The van der Waals surface area contributed by atoms with Crippen LogP contribution >= 0.6 is 24.8 Å². The first kappa shape index (κ1) is 20.8. The lowest BCUT2D eigenvalue weighted by Crippen LogP contribution is -2.59. The maximum atomic E-state index is 12.3. The van der Waals surface area contributed by atoms with Crippen LogP contribution in [0.25, 0.3) is 0 Å². The van der Waals surface area contributed by atoms with E-state index < -0.39 is 6.43 Å². The minimum absolute atomic E-state index is 0. The zero-order valence-electron chi connectivity index (χ0n) is 12.0. The molecule has 0 aromatic heterocycles. The molecule has 0 bridgehead atoms. The Kier molecular flexibility index (Phi) is 9.64. The van der Waals surface area contributed by atoms with E-state index in [1.165, 1.54) is 0 Å². The Bertz CT molecular complexity index is 319. The van der Waals surface area contributed by atoms with Crippen molar-refractivity contribution in [2.75, 3.05) is 45.9 Å². The summed E-state index contributed by atoms with van der Waals surface area (Å²) in [6.07, 6.45) is -2.45. The summed E-state index contributed by atoms with van der Waals surface area (Å²) in [7, 11) is 0. The van der Waals surface area contributed by atoms with E-state index in [0.717, 1.165) is 0 Å². The highest BCUT2D eigenvalue weighted by molar-refractivity contribution is 5.85. The molecular weight excluding hydrogens is 327 g/mol. The lowest BCUT2D eigenvalue weighted by atomic mass is 10.1. The first-order chi connectivity index (χ1) is 9.08. The fourth-order valence-corrected chi connectivity index (χ4v) is 2.55. The third kappa shape index (κ3) is 5.83. The van der Waals surface area contributed by atoms with Gasteiger partial charge in [-0.25, -0.2) is 8.78 Å². The van der Waals surface area contributed by atoms with Crippen LogP contribution in [0.15, 0.2) is 0 Å². The minimum atomic E-state index is -2.31. The normalized spacial score (nSPS) is 27.0. The minimum Gasteiger partial charge on any atom is -0.375 e. The monoisotopic (exact) mass is 349 g/mol. The number of hydrogen-bond acceptors (Lipinski definition) is 4. The molecule has 1 N–H and O–H groups in total. The SMILES string of the molecule is C[C@H]1OCCN[C@@H]1C(=O)N1CCN(CC(F)F)CC1.Cl.Cl. The lowest BCUT2D eigenvalue weighted by Gasteiger charge is -2.38. The van der Waals surface area contributed by atoms with Crippen molar-refractivity contribution in [2.45, 2.75) is 25.5 Å². The Morgan fingerprint density at radius 2 is 1.90 bits per heavy atom. The van der Waals surface area contributed by atoms with Gasteiger partial charge in [0.05, 0.1) is 19.3 Å². The summed E-state index contributed by atoms with van der Waals surface area (Å²) in [5.74, 6) is 0.0175. The van der Waals surface area contributed by atoms with Crippen LogP contribution in [-0.4, -0.2) is 80.2 Å². The molecule has 2 atom stereocenters. The maximum absolute atomic E-state index is 12.3. The molecule has 2 saturated heterocycles. The van der Waals surface area contributed by atoms with E-state index >= 15 is 0 Å². The zero-order chi connectivity index (χ0) is 13.8. The predicted octanol–water partition coefficient (Wildman–Crippen LogP) is 0.616. The van der Waals surface area contributed by atoms with Gasteiger partial charge in [0, 0.05) is 32.7 Å². The summed E-state index contributed by atoms with van der Waals surface area (Å²) in [5.41, 5.74) is 0. The molecule has 0 aromatic carbocycles. The van der Waals surface area contributed by atoms with Crippen molar-refractivity contribution < 1.29 is 18.3 Å². The van der Waals surface area contributed by atoms with E-state index in [2.05, 4.69) is 5.32 Å².